The van der Waals surface area contributed by atoms with E-state index in [1.165, 1.54) is 12.8 Å². The van der Waals surface area contributed by atoms with E-state index in [0.717, 1.165) is 17.8 Å². The molecule has 0 bridgehead atoms. The number of amides is 1. The number of methoxy groups -OCH3 is 1. The predicted octanol–water partition coefficient (Wildman–Crippen LogP) is 2.04. The summed E-state index contributed by atoms with van der Waals surface area (Å²) in [6.07, 6.45) is 3.12. The Labute approximate surface area is 100 Å². The molecule has 0 aliphatic heterocycles. The third kappa shape index (κ3) is 4.11. The molecule has 0 N–H and O–H groups in total. The molecule has 1 rings (SSSR count). The first-order valence-electron chi connectivity index (χ1n) is 5.55. The molecule has 0 saturated heterocycles. The van der Waals surface area contributed by atoms with Crippen molar-refractivity contribution >= 4 is 21.8 Å². The average Bonchev–Trinajstić information content (AvgIpc) is 3.01. The summed E-state index contributed by atoms with van der Waals surface area (Å²) < 4.78 is 5.05. The van der Waals surface area contributed by atoms with Crippen LogP contribution in [0.1, 0.15) is 26.2 Å². The number of hydrogen-bond acceptors (Lipinski definition) is 2. The SMILES string of the molecule is COCCN(C(=O)CCBr)C(C)C1CC1. The van der Waals surface area contributed by atoms with Crippen LogP contribution in [0.15, 0.2) is 0 Å². The molecule has 88 valence electrons. The maximum absolute atomic E-state index is 11.9. The van der Waals surface area contributed by atoms with Gasteiger partial charge in [0.1, 0.15) is 0 Å². The summed E-state index contributed by atoms with van der Waals surface area (Å²) in [5, 5.41) is 0.743. The third-order valence-electron chi connectivity index (χ3n) is 2.96. The molecule has 15 heavy (non-hydrogen) atoms. The van der Waals surface area contributed by atoms with Crippen molar-refractivity contribution in [3.05, 3.63) is 0 Å². The van der Waals surface area contributed by atoms with Crippen LogP contribution in [-0.2, 0) is 9.53 Å². The van der Waals surface area contributed by atoms with Crippen LogP contribution in [0.25, 0.3) is 0 Å². The van der Waals surface area contributed by atoms with Gasteiger partial charge in [-0.05, 0) is 25.7 Å². The average molecular weight is 278 g/mol. The Bertz CT molecular complexity index is 207. The lowest BCUT2D eigenvalue weighted by Crippen LogP contribution is -2.42. The summed E-state index contributed by atoms with van der Waals surface area (Å²) in [5.74, 6) is 0.962. The molecule has 1 fully saturated rings. The maximum atomic E-state index is 11.9. The van der Waals surface area contributed by atoms with E-state index in [4.69, 9.17) is 4.74 Å². The van der Waals surface area contributed by atoms with Gasteiger partial charge in [-0.1, -0.05) is 15.9 Å². The number of alkyl halides is 1. The second-order valence-corrected chi connectivity index (χ2v) is 4.89. The standard InChI is InChI=1S/C11H20BrNO2/c1-9(10-3-4-10)13(7-8-15-2)11(14)5-6-12/h9-10H,3-8H2,1-2H3. The van der Waals surface area contributed by atoms with Gasteiger partial charge in [0.2, 0.25) is 5.91 Å². The van der Waals surface area contributed by atoms with Crippen LogP contribution in [0, 0.1) is 5.92 Å². The van der Waals surface area contributed by atoms with Crippen LogP contribution >= 0.6 is 15.9 Å². The van der Waals surface area contributed by atoms with Crippen molar-refractivity contribution in [3.8, 4) is 0 Å². The van der Waals surface area contributed by atoms with Crippen LogP contribution in [0.5, 0.6) is 0 Å². The molecular weight excluding hydrogens is 258 g/mol. The summed E-state index contributed by atoms with van der Waals surface area (Å²) in [5.41, 5.74) is 0. The fraction of sp³-hybridized carbons (Fsp3) is 0.909. The van der Waals surface area contributed by atoms with E-state index in [1.54, 1.807) is 7.11 Å². The molecule has 1 aliphatic rings. The molecule has 0 aromatic heterocycles. The smallest absolute Gasteiger partial charge is 0.223 e. The van der Waals surface area contributed by atoms with Gasteiger partial charge in [0, 0.05) is 31.4 Å². The highest BCUT2D eigenvalue weighted by atomic mass is 79.9. The fourth-order valence-electron chi connectivity index (χ4n) is 1.80. The monoisotopic (exact) mass is 277 g/mol. The minimum atomic E-state index is 0.239. The lowest BCUT2D eigenvalue weighted by Gasteiger charge is -2.29. The van der Waals surface area contributed by atoms with Gasteiger partial charge in [-0.15, -0.1) is 0 Å². The highest BCUT2D eigenvalue weighted by Crippen LogP contribution is 2.35. The number of hydrogen-bond donors (Lipinski definition) is 0. The lowest BCUT2D eigenvalue weighted by molar-refractivity contribution is -0.133. The molecule has 0 radical (unpaired) electrons. The molecule has 0 heterocycles. The molecule has 0 aromatic rings. The Kier molecular flexibility index (Phi) is 5.61. The number of rotatable bonds is 7. The number of carbonyl (C=O) groups is 1. The van der Waals surface area contributed by atoms with Crippen LogP contribution < -0.4 is 0 Å². The number of carbonyl (C=O) groups excluding carboxylic acids is 1. The van der Waals surface area contributed by atoms with E-state index in [2.05, 4.69) is 22.9 Å². The van der Waals surface area contributed by atoms with Gasteiger partial charge in [-0.2, -0.15) is 0 Å². The first kappa shape index (κ1) is 13.0. The Morgan fingerprint density at radius 3 is 2.73 bits per heavy atom. The van der Waals surface area contributed by atoms with Crippen molar-refractivity contribution in [1.29, 1.82) is 0 Å². The molecule has 1 amide bonds. The van der Waals surface area contributed by atoms with E-state index in [0.29, 0.717) is 19.1 Å². The van der Waals surface area contributed by atoms with Gasteiger partial charge in [0.05, 0.1) is 6.61 Å². The van der Waals surface area contributed by atoms with E-state index in [-0.39, 0.29) is 5.91 Å². The van der Waals surface area contributed by atoms with Crippen LogP contribution in [0.2, 0.25) is 0 Å². The maximum Gasteiger partial charge on any atom is 0.223 e. The number of halogens is 1. The topological polar surface area (TPSA) is 29.5 Å². The highest BCUT2D eigenvalue weighted by Gasteiger charge is 2.33. The Balaban J connectivity index is 2.46. The summed E-state index contributed by atoms with van der Waals surface area (Å²) in [7, 11) is 1.68. The van der Waals surface area contributed by atoms with Crippen LogP contribution in [0.4, 0.5) is 0 Å². The van der Waals surface area contributed by atoms with Crippen molar-refractivity contribution in [3.63, 3.8) is 0 Å². The molecule has 0 spiro atoms. The highest BCUT2D eigenvalue weighted by molar-refractivity contribution is 9.09. The summed E-state index contributed by atoms with van der Waals surface area (Å²) >= 11 is 3.31. The van der Waals surface area contributed by atoms with E-state index >= 15 is 0 Å². The summed E-state index contributed by atoms with van der Waals surface area (Å²) in [6.45, 7) is 3.50. The van der Waals surface area contributed by atoms with E-state index in [1.807, 2.05) is 4.90 Å². The van der Waals surface area contributed by atoms with E-state index in [9.17, 15) is 4.79 Å². The Hall–Kier alpha value is -0.0900. The molecule has 1 saturated carbocycles. The molecule has 4 heteroatoms. The predicted molar refractivity (Wildman–Crippen MR) is 64.2 cm³/mol. The first-order chi connectivity index (χ1) is 7.20. The summed E-state index contributed by atoms with van der Waals surface area (Å²) in [4.78, 5) is 13.8. The largest absolute Gasteiger partial charge is 0.383 e. The molecule has 1 atom stereocenters. The van der Waals surface area contributed by atoms with E-state index < -0.39 is 0 Å². The Morgan fingerprint density at radius 1 is 1.60 bits per heavy atom. The fourth-order valence-corrected chi connectivity index (χ4v) is 2.14. The first-order valence-corrected chi connectivity index (χ1v) is 6.67. The second-order valence-electron chi connectivity index (χ2n) is 4.10. The number of ether oxygens (including phenoxy) is 1. The molecular formula is C11H20BrNO2. The molecule has 3 nitrogen and oxygen atoms in total. The van der Waals surface area contributed by atoms with Crippen molar-refractivity contribution in [1.82, 2.24) is 4.90 Å². The van der Waals surface area contributed by atoms with Crippen molar-refractivity contribution in [2.24, 2.45) is 5.92 Å². The van der Waals surface area contributed by atoms with Gasteiger partial charge >= 0.3 is 0 Å². The Morgan fingerprint density at radius 2 is 2.27 bits per heavy atom. The van der Waals surface area contributed by atoms with Gasteiger partial charge < -0.3 is 9.64 Å². The van der Waals surface area contributed by atoms with Crippen molar-refractivity contribution < 1.29 is 9.53 Å². The van der Waals surface area contributed by atoms with Gasteiger partial charge in [0.15, 0.2) is 0 Å². The van der Waals surface area contributed by atoms with Gasteiger partial charge in [0.25, 0.3) is 0 Å². The van der Waals surface area contributed by atoms with Crippen molar-refractivity contribution in [2.75, 3.05) is 25.6 Å². The molecule has 0 aromatic carbocycles. The van der Waals surface area contributed by atoms with Crippen LogP contribution in [0.3, 0.4) is 0 Å². The van der Waals surface area contributed by atoms with Crippen molar-refractivity contribution in [2.45, 2.75) is 32.2 Å². The minimum absolute atomic E-state index is 0.239. The zero-order valence-corrected chi connectivity index (χ0v) is 11.1. The third-order valence-corrected chi connectivity index (χ3v) is 3.36. The zero-order valence-electron chi connectivity index (χ0n) is 9.54. The zero-order chi connectivity index (χ0) is 11.3. The number of nitrogens with zero attached hydrogens (tertiary/aromatic N) is 1. The molecule has 1 aliphatic carbocycles. The normalized spacial score (nSPS) is 17.5. The summed E-state index contributed by atoms with van der Waals surface area (Å²) in [6, 6.07) is 0.381. The van der Waals surface area contributed by atoms with Gasteiger partial charge in [-0.25, -0.2) is 0 Å². The van der Waals surface area contributed by atoms with Crippen LogP contribution in [-0.4, -0.2) is 42.4 Å². The molecule has 1 unspecified atom stereocenters. The van der Waals surface area contributed by atoms with Gasteiger partial charge in [-0.3, -0.25) is 4.79 Å². The lowest BCUT2D eigenvalue weighted by atomic mass is 10.1. The quantitative estimate of drug-likeness (QED) is 0.667. The minimum Gasteiger partial charge on any atom is -0.383 e. The second kappa shape index (κ2) is 6.48.